The molecule has 16 nitrogen and oxygen atoms in total. The van der Waals surface area contributed by atoms with Gasteiger partial charge in [0.15, 0.2) is 17.0 Å². The second-order valence-electron chi connectivity index (χ2n) is 11.8. The summed E-state index contributed by atoms with van der Waals surface area (Å²) >= 11 is 8.48. The van der Waals surface area contributed by atoms with Crippen LogP contribution in [0.3, 0.4) is 0 Å². The van der Waals surface area contributed by atoms with Crippen molar-refractivity contribution in [1.29, 1.82) is 0 Å². The number of thiazole rings is 1. The minimum Gasteiger partial charge on any atom is -0.477 e. The lowest BCUT2D eigenvalue weighted by Crippen LogP contribution is -2.71. The number of carboxylic acids is 1. The number of rotatable bonds is 11. The largest absolute Gasteiger partial charge is 0.477 e. The number of nitrogens with zero attached hydrogens (tertiary/aromatic N) is 7. The number of imidazole rings is 1. The van der Waals surface area contributed by atoms with E-state index in [1.54, 1.807) is 0 Å². The van der Waals surface area contributed by atoms with Crippen LogP contribution < -0.4 is 21.0 Å². The summed E-state index contributed by atoms with van der Waals surface area (Å²) in [6.45, 7) is 2.51. The molecule has 2 fully saturated rings. The number of fused-ring (bicyclic) bond motifs is 2. The number of carbonyl (C=O) groups is 4. The number of amides is 3. The Labute approximate surface area is 298 Å². The number of β-lactam (4-membered cyclic amide) rings is 1. The first-order valence-electron chi connectivity index (χ1n) is 15.6. The highest BCUT2D eigenvalue weighted by Crippen LogP contribution is 2.41. The summed E-state index contributed by atoms with van der Waals surface area (Å²) in [6.07, 6.45) is 7.83. The lowest BCUT2D eigenvalue weighted by Gasteiger charge is -2.49. The summed E-state index contributed by atoms with van der Waals surface area (Å²) < 4.78 is 5.96. The molecule has 260 valence electrons. The normalized spacial score (nSPS) is 19.4. The van der Waals surface area contributed by atoms with Crippen LogP contribution in [0, 0.1) is 0 Å². The molecule has 50 heavy (non-hydrogen) atoms. The van der Waals surface area contributed by atoms with E-state index in [-0.39, 0.29) is 39.0 Å². The third-order valence-electron chi connectivity index (χ3n) is 8.64. The number of hydrogen-bond acceptors (Lipinski definition) is 11. The molecule has 1 aromatic carbocycles. The van der Waals surface area contributed by atoms with Gasteiger partial charge in [0.25, 0.3) is 17.7 Å². The molecule has 6 heterocycles. The van der Waals surface area contributed by atoms with Gasteiger partial charge in [0, 0.05) is 24.4 Å². The number of nitrogens with two attached hydrogens (primary N) is 1. The second-order valence-corrected chi connectivity index (χ2v) is 14.5. The Morgan fingerprint density at radius 2 is 1.94 bits per heavy atom. The molecule has 4 aromatic rings. The molecule has 0 bridgehead atoms. The van der Waals surface area contributed by atoms with Crippen LogP contribution in [0.2, 0.25) is 4.34 Å². The zero-order valence-electron chi connectivity index (χ0n) is 26.6. The van der Waals surface area contributed by atoms with Crippen molar-refractivity contribution in [2.45, 2.75) is 37.3 Å². The minimum atomic E-state index is -1.24. The van der Waals surface area contributed by atoms with Crippen LogP contribution in [-0.4, -0.2) is 96.0 Å². The van der Waals surface area contributed by atoms with E-state index in [1.807, 2.05) is 63.1 Å². The highest BCUT2D eigenvalue weighted by molar-refractivity contribution is 8.00. The number of hydrogen-bond donors (Lipinski definition) is 4. The number of nitrogens with one attached hydrogen (secondary N) is 2. The molecule has 3 aliphatic heterocycles. The SMILES string of the molecule is CO/N=C(\C(=O)N[C@@H]1C(=O)N2C(C(=O)O)=C(Cn3ccc4n3cc[n+]4Cc3ccc(C(=O)NN4CCCC4)cc3)CS[C@H]12)c1nc(N)sc1Cl. The third-order valence-corrected chi connectivity index (χ3v) is 11.1. The van der Waals surface area contributed by atoms with Gasteiger partial charge in [0.05, 0.1) is 18.8 Å². The summed E-state index contributed by atoms with van der Waals surface area (Å²) in [5, 5.41) is 18.0. The number of nitrogen functional groups attached to an aromatic ring is 1. The van der Waals surface area contributed by atoms with E-state index < -0.39 is 29.2 Å². The third kappa shape index (κ3) is 6.30. The zero-order valence-corrected chi connectivity index (χ0v) is 29.0. The minimum absolute atomic E-state index is 0.0152. The first-order chi connectivity index (χ1) is 24.1. The quantitative estimate of drug-likeness (QED) is 0.0755. The van der Waals surface area contributed by atoms with Crippen LogP contribution in [-0.2, 0) is 32.3 Å². The van der Waals surface area contributed by atoms with Crippen LogP contribution in [0.25, 0.3) is 5.65 Å². The van der Waals surface area contributed by atoms with Crippen LogP contribution >= 0.6 is 34.7 Å². The highest BCUT2D eigenvalue weighted by atomic mass is 35.5. The Hall–Kier alpha value is -4.91. The number of aliphatic carboxylic acids is 1. The van der Waals surface area contributed by atoms with Crippen molar-refractivity contribution >= 4 is 74.9 Å². The van der Waals surface area contributed by atoms with Gasteiger partial charge >= 0.3 is 11.6 Å². The van der Waals surface area contributed by atoms with E-state index in [9.17, 15) is 24.3 Å². The molecular weight excluding hydrogens is 708 g/mol. The van der Waals surface area contributed by atoms with Crippen LogP contribution in [0.1, 0.15) is 34.5 Å². The lowest BCUT2D eigenvalue weighted by atomic mass is 10.0. The average Bonchev–Trinajstić information content (AvgIpc) is 3.90. The molecule has 0 aliphatic carbocycles. The molecule has 0 spiro atoms. The summed E-state index contributed by atoms with van der Waals surface area (Å²) in [6, 6.07) is 8.43. The number of carboxylic acid groups (broad SMARTS) is 1. The van der Waals surface area contributed by atoms with Gasteiger partial charge in [-0.05, 0) is 36.1 Å². The Kier molecular flexibility index (Phi) is 9.25. The van der Waals surface area contributed by atoms with E-state index in [0.29, 0.717) is 23.4 Å². The van der Waals surface area contributed by atoms with E-state index in [4.69, 9.17) is 22.2 Å². The predicted octanol–water partition coefficient (Wildman–Crippen LogP) is 1.30. The maximum atomic E-state index is 13.3. The molecule has 3 aliphatic rings. The smallest absolute Gasteiger partial charge is 0.352 e. The Morgan fingerprint density at radius 1 is 1.18 bits per heavy atom. The number of halogens is 1. The zero-order chi connectivity index (χ0) is 35.1. The Bertz CT molecular complexity index is 2070. The molecule has 3 aromatic heterocycles. The second kappa shape index (κ2) is 13.8. The van der Waals surface area contributed by atoms with Crippen molar-refractivity contribution in [2.75, 3.05) is 31.7 Å². The van der Waals surface area contributed by atoms with Crippen LogP contribution in [0.4, 0.5) is 5.13 Å². The maximum absolute atomic E-state index is 13.3. The van der Waals surface area contributed by atoms with Crippen molar-refractivity contribution in [3.8, 4) is 0 Å². The number of carbonyl (C=O) groups excluding carboxylic acids is 3. The summed E-state index contributed by atoms with van der Waals surface area (Å²) in [5.41, 5.74) is 11.3. The number of hydrazine groups is 1. The van der Waals surface area contributed by atoms with Gasteiger partial charge in [-0.3, -0.25) is 24.7 Å². The van der Waals surface area contributed by atoms with E-state index >= 15 is 0 Å². The summed E-state index contributed by atoms with van der Waals surface area (Å²) in [5.74, 6) is -2.38. The fraction of sp³-hybridized carbons (Fsp3) is 0.323. The highest BCUT2D eigenvalue weighted by Gasteiger charge is 2.54. The van der Waals surface area contributed by atoms with Crippen molar-refractivity contribution in [1.82, 2.24) is 34.8 Å². The molecule has 3 amide bonds. The van der Waals surface area contributed by atoms with Gasteiger partial charge in [-0.15, -0.1) is 16.3 Å². The predicted molar refractivity (Wildman–Crippen MR) is 184 cm³/mol. The number of thioether (sulfide) groups is 1. The van der Waals surface area contributed by atoms with Crippen molar-refractivity contribution in [3.63, 3.8) is 0 Å². The maximum Gasteiger partial charge on any atom is 0.352 e. The van der Waals surface area contributed by atoms with E-state index in [1.165, 1.54) is 23.8 Å². The molecule has 7 rings (SSSR count). The van der Waals surface area contributed by atoms with Gasteiger partial charge in [-0.25, -0.2) is 24.0 Å². The van der Waals surface area contributed by atoms with Gasteiger partial charge < -0.3 is 21.0 Å². The Balaban J connectivity index is 1.04. The summed E-state index contributed by atoms with van der Waals surface area (Å²) in [4.78, 5) is 61.7. The molecule has 0 radical (unpaired) electrons. The number of anilines is 1. The van der Waals surface area contributed by atoms with E-state index in [2.05, 4.69) is 25.4 Å². The number of oxime groups is 1. The van der Waals surface area contributed by atoms with Crippen molar-refractivity contribution in [3.05, 3.63) is 81.3 Å². The topological polar surface area (TPSA) is 193 Å². The van der Waals surface area contributed by atoms with Crippen molar-refractivity contribution in [2.24, 2.45) is 5.16 Å². The van der Waals surface area contributed by atoms with Gasteiger partial charge in [0.1, 0.15) is 47.0 Å². The fourth-order valence-electron chi connectivity index (χ4n) is 6.26. The molecule has 2 saturated heterocycles. The van der Waals surface area contributed by atoms with Gasteiger partial charge in [-0.1, -0.05) is 40.2 Å². The average molecular weight is 740 g/mol. The molecule has 5 N–H and O–H groups in total. The fourth-order valence-corrected chi connectivity index (χ4v) is 8.52. The molecule has 19 heteroatoms. The monoisotopic (exact) mass is 739 g/mol. The van der Waals surface area contributed by atoms with Crippen LogP contribution in [0.5, 0.6) is 0 Å². The van der Waals surface area contributed by atoms with Crippen LogP contribution in [0.15, 0.2) is 65.3 Å². The van der Waals surface area contributed by atoms with Gasteiger partial charge in [0.2, 0.25) is 0 Å². The lowest BCUT2D eigenvalue weighted by molar-refractivity contribution is -0.661. The molecule has 0 saturated carbocycles. The summed E-state index contributed by atoms with van der Waals surface area (Å²) in [7, 11) is 1.25. The number of aromatic nitrogens is 4. The first-order valence-corrected chi connectivity index (χ1v) is 17.8. The van der Waals surface area contributed by atoms with Crippen molar-refractivity contribution < 1.29 is 33.7 Å². The first kappa shape index (κ1) is 33.6. The number of benzene rings is 1. The molecule has 2 atom stereocenters. The van der Waals surface area contributed by atoms with Gasteiger partial charge in [-0.2, -0.15) is 0 Å². The van der Waals surface area contributed by atoms with E-state index in [0.717, 1.165) is 48.5 Å². The Morgan fingerprint density at radius 3 is 2.62 bits per heavy atom. The molecular formula is C31H32ClN10O6S2+. The standard InChI is InChI=1S/C31H31ClN10O6S2/c1-48-37-22(21-25(32)50-31(33)35-21)27(44)34-23-28(45)42-24(30(46)47)19(16-49-29(23)42)15-40-11-8-20-38(12-13-41(20)40)14-17-4-6-18(7-5-17)26(43)36-39-9-2-3-10-39/h4-8,11-13,23,29H,2-3,9-10,14-16H2,1H3,(H4-,33,34,35,36,43,44,46,47)/p+1/b37-22-/t23-,29-/m1/s1. The molecule has 0 unspecified atom stereocenters.